The van der Waals surface area contributed by atoms with E-state index >= 15 is 0 Å². The molecule has 4 aromatic heterocycles. The Morgan fingerprint density at radius 3 is 1.19 bits per heavy atom. The van der Waals surface area contributed by atoms with Crippen LogP contribution in [-0.4, -0.2) is 0 Å². The number of benzene rings is 4. The lowest BCUT2D eigenvalue weighted by Gasteiger charge is -1.97. The van der Waals surface area contributed by atoms with Gasteiger partial charge in [-0.2, -0.15) is 0 Å². The van der Waals surface area contributed by atoms with Crippen LogP contribution in [0, 0.1) is 13.8 Å². The molecule has 172 valence electrons. The van der Waals surface area contributed by atoms with Crippen LogP contribution in [0.5, 0.6) is 0 Å². The molecular formula is C32H20S4. The highest BCUT2D eigenvalue weighted by molar-refractivity contribution is 7.40. The molecule has 0 atom stereocenters. The average Bonchev–Trinajstić information content (AvgIpc) is 3.65. The van der Waals surface area contributed by atoms with Crippen LogP contribution in [-0.2, 0) is 0 Å². The van der Waals surface area contributed by atoms with Crippen molar-refractivity contribution in [1.29, 1.82) is 0 Å². The van der Waals surface area contributed by atoms with E-state index in [2.05, 4.69) is 98.8 Å². The molecule has 0 unspecified atom stereocenters. The van der Waals surface area contributed by atoms with Gasteiger partial charge in [-0.05, 0) is 47.9 Å². The SMILES string of the molecule is Cc1ccc(-c2cc3ccc4c(sc5c6ccc7cc(-c8ccc(C)cc8)sc7c6sc45)c3s2)cc1. The molecule has 0 saturated heterocycles. The third-order valence-corrected chi connectivity index (χ3v) is 12.4. The Bertz CT molecular complexity index is 1940. The molecule has 0 saturated carbocycles. The summed E-state index contributed by atoms with van der Waals surface area (Å²) < 4.78 is 8.59. The van der Waals surface area contributed by atoms with Gasteiger partial charge in [-0.25, -0.2) is 0 Å². The number of hydrogen-bond acceptors (Lipinski definition) is 4. The fourth-order valence-electron chi connectivity index (χ4n) is 5.09. The Hall–Kier alpha value is -3.02. The Labute approximate surface area is 224 Å². The molecule has 4 aromatic carbocycles. The Kier molecular flexibility index (Phi) is 4.54. The Morgan fingerprint density at radius 2 is 0.778 bits per heavy atom. The van der Waals surface area contributed by atoms with Crippen molar-refractivity contribution >= 4 is 95.1 Å². The summed E-state index contributed by atoms with van der Waals surface area (Å²) >= 11 is 7.82. The summed E-state index contributed by atoms with van der Waals surface area (Å²) in [5, 5.41) is 5.52. The van der Waals surface area contributed by atoms with Crippen LogP contribution in [0.15, 0.2) is 84.9 Å². The normalized spacial score (nSPS) is 12.2. The molecule has 0 aliphatic rings. The van der Waals surface area contributed by atoms with Gasteiger partial charge in [0.25, 0.3) is 0 Å². The lowest BCUT2D eigenvalue weighted by molar-refractivity contribution is 1.48. The smallest absolute Gasteiger partial charge is 0.0543 e. The molecule has 8 aromatic rings. The summed E-state index contributed by atoms with van der Waals surface area (Å²) in [6, 6.07) is 31.9. The zero-order valence-corrected chi connectivity index (χ0v) is 23.0. The average molecular weight is 533 g/mol. The third-order valence-electron chi connectivity index (χ3n) is 7.06. The minimum atomic E-state index is 1.30. The van der Waals surface area contributed by atoms with E-state index in [0.717, 1.165) is 0 Å². The molecule has 0 fully saturated rings. The van der Waals surface area contributed by atoms with Gasteiger partial charge in [0.05, 0.1) is 28.2 Å². The van der Waals surface area contributed by atoms with Gasteiger partial charge in [0.1, 0.15) is 0 Å². The summed E-state index contributed by atoms with van der Waals surface area (Å²) in [7, 11) is 0. The quantitative estimate of drug-likeness (QED) is 0.208. The molecule has 36 heavy (non-hydrogen) atoms. The van der Waals surface area contributed by atoms with E-state index in [0.29, 0.717) is 0 Å². The lowest BCUT2D eigenvalue weighted by Crippen LogP contribution is -1.72. The second kappa shape index (κ2) is 7.74. The van der Waals surface area contributed by atoms with E-state index in [-0.39, 0.29) is 0 Å². The van der Waals surface area contributed by atoms with E-state index in [4.69, 9.17) is 0 Å². The fourth-order valence-corrected chi connectivity index (χ4v) is 10.5. The van der Waals surface area contributed by atoms with Gasteiger partial charge in [-0.15, -0.1) is 45.3 Å². The van der Waals surface area contributed by atoms with Gasteiger partial charge in [0.15, 0.2) is 0 Å². The van der Waals surface area contributed by atoms with E-state index in [9.17, 15) is 0 Å². The molecular weight excluding hydrogens is 513 g/mol. The van der Waals surface area contributed by atoms with Crippen LogP contribution in [0.2, 0.25) is 0 Å². The van der Waals surface area contributed by atoms with Crippen LogP contribution in [0.1, 0.15) is 11.1 Å². The molecule has 0 radical (unpaired) electrons. The van der Waals surface area contributed by atoms with E-state index in [1.807, 2.05) is 45.3 Å². The molecule has 4 heterocycles. The maximum absolute atomic E-state index is 2.36. The van der Waals surface area contributed by atoms with E-state index in [1.54, 1.807) is 0 Å². The molecule has 0 bridgehead atoms. The first-order valence-corrected chi connectivity index (χ1v) is 15.3. The van der Waals surface area contributed by atoms with Crippen molar-refractivity contribution in [3.05, 3.63) is 96.1 Å². The molecule has 0 aliphatic carbocycles. The predicted octanol–water partition coefficient (Wildman–Crippen LogP) is 11.6. The maximum atomic E-state index is 2.36. The zero-order valence-electron chi connectivity index (χ0n) is 19.7. The first-order chi connectivity index (χ1) is 17.6. The van der Waals surface area contributed by atoms with Crippen molar-refractivity contribution < 1.29 is 0 Å². The first-order valence-electron chi connectivity index (χ1n) is 12.0. The third kappa shape index (κ3) is 3.09. The summed E-state index contributed by atoms with van der Waals surface area (Å²) in [4.78, 5) is 2.70. The second-order valence-corrected chi connectivity index (χ2v) is 13.7. The topological polar surface area (TPSA) is 0 Å². The summed E-state index contributed by atoms with van der Waals surface area (Å²) in [5.74, 6) is 0. The zero-order chi connectivity index (χ0) is 24.0. The van der Waals surface area contributed by atoms with Gasteiger partial charge in [0.2, 0.25) is 0 Å². The maximum Gasteiger partial charge on any atom is 0.0543 e. The number of thiophene rings is 4. The van der Waals surface area contributed by atoms with Crippen molar-refractivity contribution in [2.24, 2.45) is 0 Å². The van der Waals surface area contributed by atoms with Crippen LogP contribution in [0.4, 0.5) is 0 Å². The second-order valence-electron chi connectivity index (χ2n) is 9.54. The predicted molar refractivity (Wildman–Crippen MR) is 166 cm³/mol. The number of fused-ring (bicyclic) bond motifs is 9. The highest BCUT2D eigenvalue weighted by atomic mass is 32.1. The van der Waals surface area contributed by atoms with Gasteiger partial charge >= 0.3 is 0 Å². The molecule has 0 spiro atoms. The van der Waals surface area contributed by atoms with Gasteiger partial charge in [-0.3, -0.25) is 0 Å². The number of aryl methyl sites for hydroxylation is 2. The minimum absolute atomic E-state index is 1.30. The van der Waals surface area contributed by atoms with Crippen LogP contribution >= 0.6 is 45.3 Å². The lowest BCUT2D eigenvalue weighted by atomic mass is 10.1. The summed E-state index contributed by atoms with van der Waals surface area (Å²) in [5.41, 5.74) is 5.23. The van der Waals surface area contributed by atoms with E-state index < -0.39 is 0 Å². The minimum Gasteiger partial charge on any atom is -0.134 e. The van der Waals surface area contributed by atoms with Crippen LogP contribution in [0.25, 0.3) is 70.6 Å². The highest BCUT2D eigenvalue weighted by Gasteiger charge is 2.18. The van der Waals surface area contributed by atoms with Gasteiger partial charge in [0, 0.05) is 20.5 Å². The molecule has 0 nitrogen and oxygen atoms in total. The van der Waals surface area contributed by atoms with Crippen molar-refractivity contribution in [2.45, 2.75) is 13.8 Å². The van der Waals surface area contributed by atoms with Crippen LogP contribution in [0.3, 0.4) is 0 Å². The number of hydrogen-bond donors (Lipinski definition) is 0. The molecule has 0 aliphatic heterocycles. The largest absolute Gasteiger partial charge is 0.134 e. The summed E-state index contributed by atoms with van der Waals surface area (Å²) in [6.07, 6.45) is 0. The fraction of sp³-hybridized carbons (Fsp3) is 0.0625. The van der Waals surface area contributed by atoms with Crippen molar-refractivity contribution in [3.63, 3.8) is 0 Å². The van der Waals surface area contributed by atoms with E-state index in [1.165, 1.54) is 81.8 Å². The first kappa shape index (κ1) is 21.1. The molecule has 0 amide bonds. The van der Waals surface area contributed by atoms with Crippen molar-refractivity contribution in [1.82, 2.24) is 0 Å². The molecule has 0 N–H and O–H groups in total. The summed E-state index contributed by atoms with van der Waals surface area (Å²) in [6.45, 7) is 4.29. The molecule has 8 rings (SSSR count). The van der Waals surface area contributed by atoms with Gasteiger partial charge < -0.3 is 0 Å². The Morgan fingerprint density at radius 1 is 0.389 bits per heavy atom. The van der Waals surface area contributed by atoms with Crippen molar-refractivity contribution in [3.8, 4) is 20.9 Å². The number of rotatable bonds is 2. The van der Waals surface area contributed by atoms with Crippen LogP contribution < -0.4 is 0 Å². The van der Waals surface area contributed by atoms with Gasteiger partial charge in [-0.1, -0.05) is 83.9 Å². The van der Waals surface area contributed by atoms with Crippen molar-refractivity contribution in [2.75, 3.05) is 0 Å². The Balaban J connectivity index is 1.33. The standard InChI is InChI=1S/C32H20S4/c1-17-3-7-19(8-4-17)25-15-21-11-13-23-29(27(21)33-25)35-32-24-14-12-22-16-26(20-9-5-18(2)6-10-20)34-28(22)30(24)36-31(23)32/h3-16H,1-2H3. The highest BCUT2D eigenvalue weighted by Crippen LogP contribution is 2.51. The monoisotopic (exact) mass is 532 g/mol. The molecule has 4 heteroatoms.